The number of methoxy groups -OCH3 is 1. The van der Waals surface area contributed by atoms with Crippen LogP contribution in [-0.2, 0) is 6.42 Å². The Kier molecular flexibility index (Phi) is 4.58. The minimum atomic E-state index is 0.533. The molecule has 1 aromatic rings. The minimum Gasteiger partial charge on any atom is -0.496 e. The Labute approximate surface area is 100 Å². The number of aryl methyl sites for hydroxylation is 2. The summed E-state index contributed by atoms with van der Waals surface area (Å²) in [5, 5.41) is 0. The maximum Gasteiger partial charge on any atom is 0.128 e. The maximum atomic E-state index is 5.37. The van der Waals surface area contributed by atoms with Crippen molar-refractivity contribution in [2.45, 2.75) is 38.4 Å². The Morgan fingerprint density at radius 1 is 1.47 bits per heavy atom. The summed E-state index contributed by atoms with van der Waals surface area (Å²) in [6.45, 7) is 6.25. The lowest BCUT2D eigenvalue weighted by Crippen LogP contribution is -2.02. The Morgan fingerprint density at radius 2 is 2.13 bits per heavy atom. The second-order valence-electron chi connectivity index (χ2n) is 3.87. The van der Waals surface area contributed by atoms with Crippen molar-refractivity contribution in [2.24, 2.45) is 0 Å². The third kappa shape index (κ3) is 3.20. The molecule has 1 atom stereocenters. The highest BCUT2D eigenvalue weighted by atomic mass is 79.9. The Hall–Kier alpha value is -0.570. The van der Waals surface area contributed by atoms with Crippen LogP contribution in [0.2, 0.25) is 0 Å². The van der Waals surface area contributed by atoms with E-state index in [1.807, 2.05) is 13.1 Å². The summed E-state index contributed by atoms with van der Waals surface area (Å²) in [5.74, 6) is 0.974. The Bertz CT molecular complexity index is 337. The molecular weight excluding hydrogens is 254 g/mol. The van der Waals surface area contributed by atoms with E-state index >= 15 is 0 Å². The molecule has 0 amide bonds. The number of aromatic nitrogens is 1. The molecule has 1 rings (SSSR count). The molecule has 1 aromatic heterocycles. The van der Waals surface area contributed by atoms with E-state index in [1.54, 1.807) is 7.11 Å². The molecule has 1 unspecified atom stereocenters. The van der Waals surface area contributed by atoms with Crippen molar-refractivity contribution < 1.29 is 4.74 Å². The number of hydrogen-bond donors (Lipinski definition) is 0. The summed E-state index contributed by atoms with van der Waals surface area (Å²) in [5.41, 5.74) is 3.42. The smallest absolute Gasteiger partial charge is 0.128 e. The summed E-state index contributed by atoms with van der Waals surface area (Å²) in [7, 11) is 1.71. The highest BCUT2D eigenvalue weighted by Crippen LogP contribution is 2.25. The van der Waals surface area contributed by atoms with Crippen LogP contribution in [0.5, 0.6) is 5.75 Å². The molecule has 0 aromatic carbocycles. The standard InChI is InChI=1S/C12H18BrNO/c1-8-7-14-11(6-5-9(2)13)10(3)12(8)15-4/h7,9H,5-6H2,1-4H3. The van der Waals surface area contributed by atoms with Gasteiger partial charge in [-0.3, -0.25) is 4.98 Å². The fraction of sp³-hybridized carbons (Fsp3) is 0.583. The van der Waals surface area contributed by atoms with Crippen LogP contribution in [0.4, 0.5) is 0 Å². The Morgan fingerprint density at radius 3 is 2.67 bits per heavy atom. The van der Waals surface area contributed by atoms with E-state index < -0.39 is 0 Å². The SMILES string of the molecule is COc1c(C)cnc(CCC(C)Br)c1C. The quantitative estimate of drug-likeness (QED) is 0.783. The van der Waals surface area contributed by atoms with Crippen molar-refractivity contribution in [1.29, 1.82) is 0 Å². The van der Waals surface area contributed by atoms with Crippen LogP contribution in [0.25, 0.3) is 0 Å². The number of rotatable bonds is 4. The Balaban J connectivity index is 2.90. The van der Waals surface area contributed by atoms with E-state index in [0.29, 0.717) is 4.83 Å². The molecule has 0 N–H and O–H groups in total. The van der Waals surface area contributed by atoms with Crippen LogP contribution in [-0.4, -0.2) is 16.9 Å². The molecule has 0 aliphatic heterocycles. The lowest BCUT2D eigenvalue weighted by molar-refractivity contribution is 0.406. The largest absolute Gasteiger partial charge is 0.496 e. The van der Waals surface area contributed by atoms with Gasteiger partial charge in [0.2, 0.25) is 0 Å². The van der Waals surface area contributed by atoms with Crippen LogP contribution >= 0.6 is 15.9 Å². The molecule has 1 heterocycles. The molecule has 0 bridgehead atoms. The molecule has 84 valence electrons. The van der Waals surface area contributed by atoms with Gasteiger partial charge in [-0.15, -0.1) is 0 Å². The maximum absolute atomic E-state index is 5.37. The predicted octanol–water partition coefficient (Wildman–Crippen LogP) is 3.42. The number of hydrogen-bond acceptors (Lipinski definition) is 2. The summed E-state index contributed by atoms with van der Waals surface area (Å²) in [6.07, 6.45) is 3.98. The summed E-state index contributed by atoms with van der Waals surface area (Å²) < 4.78 is 5.37. The van der Waals surface area contributed by atoms with Crippen molar-refractivity contribution in [1.82, 2.24) is 4.98 Å². The number of nitrogens with zero attached hydrogens (tertiary/aromatic N) is 1. The van der Waals surface area contributed by atoms with E-state index in [-0.39, 0.29) is 0 Å². The van der Waals surface area contributed by atoms with E-state index in [1.165, 1.54) is 5.56 Å². The summed E-state index contributed by atoms with van der Waals surface area (Å²) in [4.78, 5) is 4.99. The number of ether oxygens (including phenoxy) is 1. The van der Waals surface area contributed by atoms with Crippen LogP contribution in [0.15, 0.2) is 6.20 Å². The topological polar surface area (TPSA) is 22.1 Å². The fourth-order valence-electron chi connectivity index (χ4n) is 1.66. The van der Waals surface area contributed by atoms with Crippen molar-refractivity contribution in [2.75, 3.05) is 7.11 Å². The highest BCUT2D eigenvalue weighted by Gasteiger charge is 2.09. The molecule has 15 heavy (non-hydrogen) atoms. The zero-order chi connectivity index (χ0) is 11.4. The monoisotopic (exact) mass is 271 g/mol. The van der Waals surface area contributed by atoms with E-state index in [2.05, 4.69) is 34.8 Å². The van der Waals surface area contributed by atoms with Gasteiger partial charge in [-0.05, 0) is 26.7 Å². The number of pyridine rings is 1. The molecule has 0 spiro atoms. The molecule has 3 heteroatoms. The molecule has 0 aliphatic carbocycles. The van der Waals surface area contributed by atoms with Gasteiger partial charge in [0.1, 0.15) is 5.75 Å². The van der Waals surface area contributed by atoms with E-state index in [0.717, 1.165) is 29.8 Å². The van der Waals surface area contributed by atoms with Crippen LogP contribution in [0, 0.1) is 13.8 Å². The molecule has 0 saturated carbocycles. The second kappa shape index (κ2) is 5.50. The van der Waals surface area contributed by atoms with Gasteiger partial charge in [0, 0.05) is 27.8 Å². The van der Waals surface area contributed by atoms with Crippen LogP contribution < -0.4 is 4.74 Å². The lowest BCUT2D eigenvalue weighted by Gasteiger charge is -2.12. The first-order chi connectivity index (χ1) is 7.06. The third-order valence-corrected chi connectivity index (χ3v) is 2.99. The van der Waals surface area contributed by atoms with Gasteiger partial charge in [0.25, 0.3) is 0 Å². The van der Waals surface area contributed by atoms with Gasteiger partial charge in [-0.1, -0.05) is 22.9 Å². The first kappa shape index (κ1) is 12.5. The summed E-state index contributed by atoms with van der Waals surface area (Å²) in [6, 6.07) is 0. The van der Waals surface area contributed by atoms with Crippen molar-refractivity contribution in [3.63, 3.8) is 0 Å². The molecule has 2 nitrogen and oxygen atoms in total. The van der Waals surface area contributed by atoms with Crippen molar-refractivity contribution in [3.8, 4) is 5.75 Å². The molecule has 0 saturated heterocycles. The van der Waals surface area contributed by atoms with Gasteiger partial charge in [0.15, 0.2) is 0 Å². The zero-order valence-electron chi connectivity index (χ0n) is 9.80. The van der Waals surface area contributed by atoms with Crippen LogP contribution in [0.1, 0.15) is 30.2 Å². The highest BCUT2D eigenvalue weighted by molar-refractivity contribution is 9.09. The molecule has 0 radical (unpaired) electrons. The fourth-order valence-corrected chi connectivity index (χ4v) is 1.89. The summed E-state index contributed by atoms with van der Waals surface area (Å²) >= 11 is 3.55. The first-order valence-electron chi connectivity index (χ1n) is 5.19. The van der Waals surface area contributed by atoms with Crippen molar-refractivity contribution in [3.05, 3.63) is 23.0 Å². The second-order valence-corrected chi connectivity index (χ2v) is 5.43. The molecule has 0 aliphatic rings. The van der Waals surface area contributed by atoms with Gasteiger partial charge in [0.05, 0.1) is 7.11 Å². The average molecular weight is 272 g/mol. The van der Waals surface area contributed by atoms with Gasteiger partial charge in [-0.2, -0.15) is 0 Å². The average Bonchev–Trinajstić information content (AvgIpc) is 2.17. The van der Waals surface area contributed by atoms with E-state index in [9.17, 15) is 0 Å². The van der Waals surface area contributed by atoms with Gasteiger partial charge >= 0.3 is 0 Å². The van der Waals surface area contributed by atoms with Crippen molar-refractivity contribution >= 4 is 15.9 Å². The number of halogens is 1. The number of alkyl halides is 1. The third-order valence-electron chi connectivity index (χ3n) is 2.53. The van der Waals surface area contributed by atoms with Crippen LogP contribution in [0.3, 0.4) is 0 Å². The van der Waals surface area contributed by atoms with Gasteiger partial charge in [-0.25, -0.2) is 0 Å². The zero-order valence-corrected chi connectivity index (χ0v) is 11.4. The lowest BCUT2D eigenvalue weighted by atomic mass is 10.1. The van der Waals surface area contributed by atoms with Gasteiger partial charge < -0.3 is 4.74 Å². The minimum absolute atomic E-state index is 0.533. The molecule has 0 fully saturated rings. The first-order valence-corrected chi connectivity index (χ1v) is 6.11. The predicted molar refractivity (Wildman–Crippen MR) is 67.0 cm³/mol. The molecular formula is C12H18BrNO. The normalized spacial score (nSPS) is 12.6. The van der Waals surface area contributed by atoms with E-state index in [4.69, 9.17) is 4.74 Å².